The van der Waals surface area contributed by atoms with E-state index in [4.69, 9.17) is 0 Å². The maximum absolute atomic E-state index is 12.2. The third kappa shape index (κ3) is 3.33. The van der Waals surface area contributed by atoms with Gasteiger partial charge in [0.2, 0.25) is 10.0 Å². The van der Waals surface area contributed by atoms with Crippen molar-refractivity contribution in [3.63, 3.8) is 0 Å². The molecular formula is C14H23N5O2S. The van der Waals surface area contributed by atoms with Crippen LogP contribution in [0.1, 0.15) is 25.7 Å². The summed E-state index contributed by atoms with van der Waals surface area (Å²) >= 11 is 0. The Kier molecular flexibility index (Phi) is 4.22. The van der Waals surface area contributed by atoms with Crippen molar-refractivity contribution < 1.29 is 8.42 Å². The molecule has 1 aromatic heterocycles. The van der Waals surface area contributed by atoms with E-state index in [2.05, 4.69) is 15.3 Å². The monoisotopic (exact) mass is 325 g/mol. The number of hydrogen-bond donors (Lipinski definition) is 1. The molecule has 7 nitrogen and oxygen atoms in total. The number of aromatic nitrogens is 2. The van der Waals surface area contributed by atoms with Crippen LogP contribution in [0.5, 0.6) is 0 Å². The quantitative estimate of drug-likeness (QED) is 0.867. The predicted molar refractivity (Wildman–Crippen MR) is 86.5 cm³/mol. The van der Waals surface area contributed by atoms with E-state index in [9.17, 15) is 8.42 Å². The van der Waals surface area contributed by atoms with Crippen LogP contribution in [0.2, 0.25) is 0 Å². The van der Waals surface area contributed by atoms with Gasteiger partial charge in [-0.05, 0) is 25.7 Å². The van der Waals surface area contributed by atoms with Gasteiger partial charge in [-0.25, -0.2) is 22.7 Å². The lowest BCUT2D eigenvalue weighted by Gasteiger charge is -2.32. The summed E-state index contributed by atoms with van der Waals surface area (Å²) in [4.78, 5) is 10.4. The summed E-state index contributed by atoms with van der Waals surface area (Å²) in [6.07, 6.45) is 4.83. The minimum Gasteiger partial charge on any atom is -0.367 e. The van der Waals surface area contributed by atoms with Crippen molar-refractivity contribution in [3.05, 3.63) is 12.4 Å². The van der Waals surface area contributed by atoms with Crippen molar-refractivity contribution in [1.82, 2.24) is 14.3 Å². The van der Waals surface area contributed by atoms with Gasteiger partial charge in [-0.15, -0.1) is 0 Å². The molecule has 1 saturated carbocycles. The number of sulfonamides is 1. The fourth-order valence-electron chi connectivity index (χ4n) is 2.71. The van der Waals surface area contributed by atoms with Crippen LogP contribution >= 0.6 is 0 Å². The highest BCUT2D eigenvalue weighted by Gasteiger charge is 2.41. The lowest BCUT2D eigenvalue weighted by molar-refractivity contribution is 0.329. The summed E-state index contributed by atoms with van der Waals surface area (Å²) in [6, 6.07) is 2.17. The molecule has 3 rings (SSSR count). The standard InChI is InChI=1S/C14H23N5O2S/c1-18(2)14-9-13(15-10-16-14)17-11-5-7-19(8-6-11)22(20,21)12-3-4-12/h9-12H,3-8H2,1-2H3,(H,15,16,17). The van der Waals surface area contributed by atoms with E-state index < -0.39 is 10.0 Å². The van der Waals surface area contributed by atoms with Gasteiger partial charge in [0.1, 0.15) is 18.0 Å². The van der Waals surface area contributed by atoms with Gasteiger partial charge >= 0.3 is 0 Å². The molecule has 2 fully saturated rings. The van der Waals surface area contributed by atoms with Crippen LogP contribution in [-0.4, -0.2) is 61.2 Å². The Morgan fingerprint density at radius 2 is 1.86 bits per heavy atom. The van der Waals surface area contributed by atoms with Crippen molar-refractivity contribution in [3.8, 4) is 0 Å². The van der Waals surface area contributed by atoms with Crippen LogP contribution in [0.15, 0.2) is 12.4 Å². The number of hydrogen-bond acceptors (Lipinski definition) is 6. The Morgan fingerprint density at radius 3 is 2.45 bits per heavy atom. The van der Waals surface area contributed by atoms with Crippen LogP contribution in [0.3, 0.4) is 0 Å². The highest BCUT2D eigenvalue weighted by Crippen LogP contribution is 2.32. The van der Waals surface area contributed by atoms with Crippen LogP contribution < -0.4 is 10.2 Å². The van der Waals surface area contributed by atoms with Crippen molar-refractivity contribution in [2.45, 2.75) is 37.0 Å². The summed E-state index contributed by atoms with van der Waals surface area (Å²) in [5, 5.41) is 3.28. The largest absolute Gasteiger partial charge is 0.367 e. The second-order valence-corrected chi connectivity index (χ2v) is 8.43. The molecule has 0 atom stereocenters. The van der Waals surface area contributed by atoms with Gasteiger partial charge in [-0.1, -0.05) is 0 Å². The zero-order valence-electron chi connectivity index (χ0n) is 13.1. The smallest absolute Gasteiger partial charge is 0.216 e. The fourth-order valence-corrected chi connectivity index (χ4v) is 4.58. The molecule has 0 bridgehead atoms. The van der Waals surface area contributed by atoms with Gasteiger partial charge in [0, 0.05) is 39.3 Å². The summed E-state index contributed by atoms with van der Waals surface area (Å²) in [5.41, 5.74) is 0. The highest BCUT2D eigenvalue weighted by molar-refractivity contribution is 7.90. The summed E-state index contributed by atoms with van der Waals surface area (Å²) < 4.78 is 26.1. The van der Waals surface area contributed by atoms with E-state index in [0.717, 1.165) is 37.3 Å². The zero-order valence-corrected chi connectivity index (χ0v) is 13.9. The summed E-state index contributed by atoms with van der Waals surface area (Å²) in [6.45, 7) is 1.20. The molecule has 0 spiro atoms. The topological polar surface area (TPSA) is 78.4 Å². The van der Waals surface area contributed by atoms with Crippen LogP contribution in [0, 0.1) is 0 Å². The molecule has 0 amide bonds. The van der Waals surface area contributed by atoms with Crippen molar-refractivity contribution in [2.24, 2.45) is 0 Å². The first-order valence-electron chi connectivity index (χ1n) is 7.71. The van der Waals surface area contributed by atoms with Gasteiger partial charge in [0.25, 0.3) is 0 Å². The minimum atomic E-state index is -3.03. The van der Waals surface area contributed by atoms with E-state index in [1.807, 2.05) is 25.1 Å². The first-order chi connectivity index (χ1) is 10.5. The van der Waals surface area contributed by atoms with Crippen molar-refractivity contribution in [2.75, 3.05) is 37.4 Å². The molecule has 0 unspecified atom stereocenters. The molecule has 0 radical (unpaired) electrons. The maximum Gasteiger partial charge on any atom is 0.216 e. The van der Waals surface area contributed by atoms with Gasteiger partial charge in [0.05, 0.1) is 5.25 Å². The molecule has 1 saturated heterocycles. The molecule has 2 aliphatic rings. The molecule has 22 heavy (non-hydrogen) atoms. The van der Waals surface area contributed by atoms with Crippen LogP contribution in [0.4, 0.5) is 11.6 Å². The Bertz CT molecular complexity index is 622. The molecule has 1 aromatic rings. The summed E-state index contributed by atoms with van der Waals surface area (Å²) in [5.74, 6) is 1.65. The van der Waals surface area contributed by atoms with E-state index in [0.29, 0.717) is 13.1 Å². The van der Waals surface area contributed by atoms with E-state index >= 15 is 0 Å². The summed E-state index contributed by atoms with van der Waals surface area (Å²) in [7, 11) is 0.846. The van der Waals surface area contributed by atoms with Crippen molar-refractivity contribution in [1.29, 1.82) is 0 Å². The number of nitrogens with one attached hydrogen (secondary N) is 1. The van der Waals surface area contributed by atoms with E-state index in [-0.39, 0.29) is 11.3 Å². The number of piperidine rings is 1. The SMILES string of the molecule is CN(C)c1cc(NC2CCN(S(=O)(=O)C3CC3)CC2)ncn1. The normalized spacial score (nSPS) is 20.8. The van der Waals surface area contributed by atoms with E-state index in [1.54, 1.807) is 10.6 Å². The Morgan fingerprint density at radius 1 is 1.18 bits per heavy atom. The Labute approximate surface area is 131 Å². The molecule has 122 valence electrons. The van der Waals surface area contributed by atoms with Gasteiger partial charge in [-0.2, -0.15) is 0 Å². The average molecular weight is 325 g/mol. The second-order valence-electron chi connectivity index (χ2n) is 6.22. The number of rotatable bonds is 5. The lowest BCUT2D eigenvalue weighted by Crippen LogP contribution is -2.43. The first kappa shape index (κ1) is 15.5. The third-order valence-corrected chi connectivity index (χ3v) is 6.62. The Hall–Kier alpha value is -1.41. The molecule has 1 aliphatic heterocycles. The number of anilines is 2. The van der Waals surface area contributed by atoms with Gasteiger partial charge in [0.15, 0.2) is 0 Å². The second kappa shape index (κ2) is 6.00. The molecule has 1 aliphatic carbocycles. The Balaban J connectivity index is 1.57. The predicted octanol–water partition coefficient (Wildman–Crippen LogP) is 0.911. The van der Waals surface area contributed by atoms with Crippen molar-refractivity contribution >= 4 is 21.7 Å². The first-order valence-corrected chi connectivity index (χ1v) is 9.22. The van der Waals surface area contributed by atoms with Gasteiger partial charge in [-0.3, -0.25) is 0 Å². The number of nitrogens with zero attached hydrogens (tertiary/aromatic N) is 4. The highest BCUT2D eigenvalue weighted by atomic mass is 32.2. The average Bonchev–Trinajstić information content (AvgIpc) is 3.33. The van der Waals surface area contributed by atoms with Crippen LogP contribution in [0.25, 0.3) is 0 Å². The molecule has 8 heteroatoms. The fraction of sp³-hybridized carbons (Fsp3) is 0.714. The lowest BCUT2D eigenvalue weighted by atomic mass is 10.1. The maximum atomic E-state index is 12.2. The third-order valence-electron chi connectivity index (χ3n) is 4.22. The minimum absolute atomic E-state index is 0.110. The molecule has 2 heterocycles. The molecular weight excluding hydrogens is 302 g/mol. The zero-order chi connectivity index (χ0) is 15.7. The molecule has 0 aromatic carbocycles. The van der Waals surface area contributed by atoms with Crippen LogP contribution in [-0.2, 0) is 10.0 Å². The molecule has 1 N–H and O–H groups in total. The van der Waals surface area contributed by atoms with Gasteiger partial charge < -0.3 is 10.2 Å². The van der Waals surface area contributed by atoms with E-state index in [1.165, 1.54) is 0 Å².